The largest absolute Gasteiger partial charge is 0.508 e. The van der Waals surface area contributed by atoms with Gasteiger partial charge in [-0.25, -0.2) is 0 Å². The lowest BCUT2D eigenvalue weighted by atomic mass is 10.0. The predicted octanol–water partition coefficient (Wildman–Crippen LogP) is 7.65. The van der Waals surface area contributed by atoms with Crippen LogP contribution in [0.2, 0.25) is 0 Å². The number of aryl methyl sites for hydroxylation is 1. The molecule has 1 heteroatoms. The van der Waals surface area contributed by atoms with Gasteiger partial charge in [0.15, 0.2) is 0 Å². The number of hydrogen-bond acceptors (Lipinski definition) is 1. The summed E-state index contributed by atoms with van der Waals surface area (Å²) < 4.78 is 0. The molecule has 0 aromatic heterocycles. The van der Waals surface area contributed by atoms with Crippen molar-refractivity contribution in [3.05, 3.63) is 66.8 Å². The van der Waals surface area contributed by atoms with Crippen molar-refractivity contribution in [2.75, 3.05) is 0 Å². The maximum Gasteiger partial charge on any atom is 0.115 e. The number of benzene rings is 1. The quantitative estimate of drug-likeness (QED) is 0.251. The van der Waals surface area contributed by atoms with E-state index in [1.807, 2.05) is 18.2 Å². The highest BCUT2D eigenvalue weighted by Gasteiger charge is 1.98. The van der Waals surface area contributed by atoms with Crippen molar-refractivity contribution in [2.45, 2.75) is 71.6 Å². The number of allylic oxidation sites excluding steroid dienone is 2. The smallest absolute Gasteiger partial charge is 0.115 e. The van der Waals surface area contributed by atoms with Gasteiger partial charge in [0, 0.05) is 5.56 Å². The number of aliphatic hydroxyl groups excluding tert-OH is 1. The summed E-state index contributed by atoms with van der Waals surface area (Å²) in [6.07, 6.45) is 13.0. The van der Waals surface area contributed by atoms with Crippen molar-refractivity contribution < 1.29 is 5.11 Å². The summed E-state index contributed by atoms with van der Waals surface area (Å²) in [5.74, 6) is 0.140. The van der Waals surface area contributed by atoms with Gasteiger partial charge in [-0.05, 0) is 31.2 Å². The van der Waals surface area contributed by atoms with Crippen molar-refractivity contribution >= 4 is 5.76 Å². The topological polar surface area (TPSA) is 20.2 Å². The van der Waals surface area contributed by atoms with Gasteiger partial charge >= 0.3 is 0 Å². The first-order valence-corrected chi connectivity index (χ1v) is 9.32. The van der Waals surface area contributed by atoms with Crippen molar-refractivity contribution in [1.82, 2.24) is 0 Å². The monoisotopic (exact) mass is 328 g/mol. The molecular formula is C23H36O. The minimum Gasteiger partial charge on any atom is -0.508 e. The molecule has 0 heterocycles. The second-order valence-electron chi connectivity index (χ2n) is 6.33. The Balaban J connectivity index is 0.00000163. The summed E-state index contributed by atoms with van der Waals surface area (Å²) >= 11 is 0. The first kappa shape index (κ1) is 22.2. The molecule has 0 radical (unpaired) electrons. The van der Waals surface area contributed by atoms with Gasteiger partial charge in [-0.3, -0.25) is 0 Å². The molecule has 1 aromatic carbocycles. The predicted molar refractivity (Wildman–Crippen MR) is 109 cm³/mol. The number of hydrogen-bond donors (Lipinski definition) is 1. The summed E-state index contributed by atoms with van der Waals surface area (Å²) in [7, 11) is 0. The van der Waals surface area contributed by atoms with E-state index in [0.29, 0.717) is 0 Å². The Hall–Kier alpha value is -1.76. The van der Waals surface area contributed by atoms with Crippen molar-refractivity contribution in [2.24, 2.45) is 0 Å². The highest BCUT2D eigenvalue weighted by molar-refractivity contribution is 5.55. The summed E-state index contributed by atoms with van der Waals surface area (Å²) in [6, 6.07) is 8.03. The van der Waals surface area contributed by atoms with Crippen LogP contribution in [0.15, 0.2) is 55.7 Å². The van der Waals surface area contributed by atoms with Crippen LogP contribution in [0, 0.1) is 0 Å². The van der Waals surface area contributed by atoms with Gasteiger partial charge in [-0.2, -0.15) is 0 Å². The van der Waals surface area contributed by atoms with Crippen LogP contribution in [0.5, 0.6) is 0 Å². The lowest BCUT2D eigenvalue weighted by molar-refractivity contribution is 0.514. The zero-order valence-corrected chi connectivity index (χ0v) is 15.8. The highest BCUT2D eigenvalue weighted by atomic mass is 16.3. The molecule has 0 fully saturated rings. The van der Waals surface area contributed by atoms with Crippen LogP contribution < -0.4 is 0 Å². The fourth-order valence-corrected chi connectivity index (χ4v) is 2.35. The lowest BCUT2D eigenvalue weighted by Gasteiger charge is -2.04. The second kappa shape index (κ2) is 14.8. The molecule has 134 valence electrons. The van der Waals surface area contributed by atoms with E-state index in [1.54, 1.807) is 0 Å². The van der Waals surface area contributed by atoms with Crippen LogP contribution in [-0.4, -0.2) is 5.11 Å². The van der Waals surface area contributed by atoms with Crippen molar-refractivity contribution in [1.29, 1.82) is 0 Å². The highest BCUT2D eigenvalue weighted by Crippen LogP contribution is 2.15. The Morgan fingerprint density at radius 1 is 0.917 bits per heavy atom. The zero-order chi connectivity index (χ0) is 18.2. The first-order chi connectivity index (χ1) is 11.5. The Kier molecular flexibility index (Phi) is 13.7. The van der Waals surface area contributed by atoms with Crippen LogP contribution >= 0.6 is 0 Å². The van der Waals surface area contributed by atoms with E-state index in [-0.39, 0.29) is 5.76 Å². The Bertz CT molecular complexity index is 467. The average molecular weight is 329 g/mol. The van der Waals surface area contributed by atoms with Crippen LogP contribution in [0.25, 0.3) is 5.76 Å². The second-order valence-corrected chi connectivity index (χ2v) is 6.33. The summed E-state index contributed by atoms with van der Waals surface area (Å²) in [6.45, 7) is 15.4. The number of aliphatic hydroxyl groups is 1. The standard InChI is InChI=1S/C20H28O.C3H8/c1-4-17(2)11-9-7-5-6-8-10-12-19-13-15-20(16-14-19)18(3)21;1-3-2/h4,13-16,21H,1-3,5-12H2;3H2,1-2H3. The SMILES string of the molecule is C=CC(=C)CCCCCCCCc1ccc(C(=C)O)cc1.CCC. The van der Waals surface area contributed by atoms with E-state index < -0.39 is 0 Å². The first-order valence-electron chi connectivity index (χ1n) is 9.32. The minimum absolute atomic E-state index is 0.140. The van der Waals surface area contributed by atoms with Gasteiger partial charge in [0.1, 0.15) is 5.76 Å². The van der Waals surface area contributed by atoms with E-state index in [0.717, 1.165) is 24.0 Å². The molecule has 24 heavy (non-hydrogen) atoms. The molecule has 0 saturated carbocycles. The van der Waals surface area contributed by atoms with E-state index in [9.17, 15) is 5.11 Å². The van der Waals surface area contributed by atoms with Gasteiger partial charge in [-0.1, -0.05) is 102 Å². The van der Waals surface area contributed by atoms with Crippen LogP contribution in [0.3, 0.4) is 0 Å². The number of unbranched alkanes of at least 4 members (excludes halogenated alkanes) is 5. The maximum atomic E-state index is 9.28. The average Bonchev–Trinajstić information content (AvgIpc) is 2.58. The van der Waals surface area contributed by atoms with E-state index in [4.69, 9.17) is 0 Å². The molecule has 0 spiro atoms. The van der Waals surface area contributed by atoms with Crippen LogP contribution in [0.1, 0.15) is 76.3 Å². The molecule has 1 nitrogen and oxygen atoms in total. The van der Waals surface area contributed by atoms with E-state index in [2.05, 4.69) is 45.7 Å². The molecule has 1 aromatic rings. The Labute approximate surface area is 149 Å². The van der Waals surface area contributed by atoms with Gasteiger partial charge in [0.2, 0.25) is 0 Å². The van der Waals surface area contributed by atoms with Gasteiger partial charge in [0.25, 0.3) is 0 Å². The van der Waals surface area contributed by atoms with Gasteiger partial charge < -0.3 is 5.11 Å². The summed E-state index contributed by atoms with van der Waals surface area (Å²) in [5, 5.41) is 9.28. The third-order valence-corrected chi connectivity index (χ3v) is 3.79. The van der Waals surface area contributed by atoms with Crippen molar-refractivity contribution in [3.8, 4) is 0 Å². The van der Waals surface area contributed by atoms with Crippen LogP contribution in [-0.2, 0) is 6.42 Å². The van der Waals surface area contributed by atoms with Gasteiger partial charge in [-0.15, -0.1) is 0 Å². The zero-order valence-electron chi connectivity index (χ0n) is 15.8. The van der Waals surface area contributed by atoms with E-state index >= 15 is 0 Å². The third kappa shape index (κ3) is 11.8. The third-order valence-electron chi connectivity index (χ3n) is 3.79. The molecule has 0 aliphatic heterocycles. The van der Waals surface area contributed by atoms with E-state index in [1.165, 1.54) is 50.5 Å². The molecule has 0 aliphatic rings. The Morgan fingerprint density at radius 3 is 1.92 bits per heavy atom. The number of rotatable bonds is 11. The van der Waals surface area contributed by atoms with Crippen LogP contribution in [0.4, 0.5) is 0 Å². The normalized spacial score (nSPS) is 9.75. The fraction of sp³-hybridized carbons (Fsp3) is 0.478. The molecule has 0 bridgehead atoms. The molecule has 0 atom stereocenters. The summed E-state index contributed by atoms with van der Waals surface area (Å²) in [4.78, 5) is 0. The molecule has 1 rings (SSSR count). The van der Waals surface area contributed by atoms with Crippen molar-refractivity contribution in [3.63, 3.8) is 0 Å². The molecular weight excluding hydrogens is 292 g/mol. The van der Waals surface area contributed by atoms with Gasteiger partial charge in [0.05, 0.1) is 0 Å². The lowest BCUT2D eigenvalue weighted by Crippen LogP contribution is -1.88. The molecule has 0 aliphatic carbocycles. The Morgan fingerprint density at radius 2 is 1.42 bits per heavy atom. The minimum atomic E-state index is 0.140. The molecule has 1 N–H and O–H groups in total. The molecule has 0 saturated heterocycles. The molecule has 0 unspecified atom stereocenters. The summed E-state index contributed by atoms with van der Waals surface area (Å²) in [5.41, 5.74) is 3.30. The fourth-order valence-electron chi connectivity index (χ4n) is 2.35. The maximum absolute atomic E-state index is 9.28. The molecule has 0 amide bonds.